The number of aryl methyl sites for hydroxylation is 1. The van der Waals surface area contributed by atoms with E-state index >= 15 is 0 Å². The molecule has 0 N–H and O–H groups in total. The molecule has 0 saturated heterocycles. The molecule has 45 heavy (non-hydrogen) atoms. The molecule has 3 aromatic heterocycles. The zero-order valence-corrected chi connectivity index (χ0v) is 28.0. The first-order chi connectivity index (χ1) is 21.4. The van der Waals surface area contributed by atoms with Crippen molar-refractivity contribution in [3.8, 4) is 22.3 Å². The third kappa shape index (κ3) is 5.60. The van der Waals surface area contributed by atoms with Crippen LogP contribution in [0.2, 0.25) is 0 Å². The topological polar surface area (TPSA) is 30.7 Å². The van der Waals surface area contributed by atoms with Gasteiger partial charge in [0, 0.05) is 38.6 Å². The van der Waals surface area contributed by atoms with Crippen LogP contribution in [0.15, 0.2) is 84.9 Å². The van der Waals surface area contributed by atoms with Crippen LogP contribution in [0.25, 0.3) is 67.0 Å². The predicted molar refractivity (Wildman–Crippen MR) is 195 cm³/mol. The maximum Gasteiger partial charge on any atom is 0.0730 e. The zero-order valence-electron chi connectivity index (χ0n) is 27.1. The second kappa shape index (κ2) is 10.8. The monoisotopic (exact) mass is 605 g/mol. The van der Waals surface area contributed by atoms with Gasteiger partial charge in [0.2, 0.25) is 0 Å². The lowest BCUT2D eigenvalue weighted by molar-refractivity contribution is 0.590. The van der Waals surface area contributed by atoms with Gasteiger partial charge in [-0.2, -0.15) is 0 Å². The van der Waals surface area contributed by atoms with E-state index in [2.05, 4.69) is 162 Å². The molecule has 5 aromatic rings. The van der Waals surface area contributed by atoms with Crippen molar-refractivity contribution in [2.24, 2.45) is 7.05 Å². The van der Waals surface area contributed by atoms with Crippen LogP contribution in [0.3, 0.4) is 0 Å². The van der Waals surface area contributed by atoms with Gasteiger partial charge in [0.05, 0.1) is 22.8 Å². The highest BCUT2D eigenvalue weighted by molar-refractivity contribution is 7.24. The van der Waals surface area contributed by atoms with E-state index in [1.54, 1.807) is 0 Å². The molecule has 8 bridgehead atoms. The molecule has 0 fully saturated rings. The third-order valence-corrected chi connectivity index (χ3v) is 9.92. The van der Waals surface area contributed by atoms with Crippen molar-refractivity contribution in [3.63, 3.8) is 0 Å². The van der Waals surface area contributed by atoms with Crippen molar-refractivity contribution < 1.29 is 0 Å². The molecule has 2 aliphatic rings. The molecule has 224 valence electrons. The van der Waals surface area contributed by atoms with Crippen LogP contribution in [-0.2, 0) is 17.9 Å². The van der Waals surface area contributed by atoms with Crippen LogP contribution in [0.1, 0.15) is 75.4 Å². The Balaban J connectivity index is 1.57. The molecule has 0 amide bonds. The lowest BCUT2D eigenvalue weighted by Gasteiger charge is -2.19. The fraction of sp³-hybridized carbons (Fsp3) is 0.220. The first kappa shape index (κ1) is 29.2. The van der Waals surface area contributed by atoms with Gasteiger partial charge in [0.1, 0.15) is 0 Å². The van der Waals surface area contributed by atoms with Crippen LogP contribution < -0.4 is 0 Å². The van der Waals surface area contributed by atoms with Gasteiger partial charge < -0.3 is 4.57 Å². The van der Waals surface area contributed by atoms with Crippen molar-refractivity contribution in [3.05, 3.63) is 119 Å². The van der Waals surface area contributed by atoms with E-state index in [1.165, 1.54) is 31.7 Å². The highest BCUT2D eigenvalue weighted by Gasteiger charge is 2.18. The molecular weight excluding hydrogens is 567 g/mol. The van der Waals surface area contributed by atoms with Crippen LogP contribution >= 0.6 is 11.3 Å². The average molecular weight is 606 g/mol. The average Bonchev–Trinajstić information content (AvgIpc) is 3.81. The van der Waals surface area contributed by atoms with Gasteiger partial charge in [-0.05, 0) is 93.8 Å². The quantitative estimate of drug-likeness (QED) is 0.196. The number of nitrogens with zero attached hydrogens (tertiary/aromatic N) is 3. The number of thiophene rings is 1. The maximum absolute atomic E-state index is 5.17. The first-order valence-electron chi connectivity index (χ1n) is 15.6. The molecule has 0 aliphatic carbocycles. The second-order valence-electron chi connectivity index (χ2n) is 14.1. The minimum Gasteiger partial charge on any atom is -0.344 e. The van der Waals surface area contributed by atoms with Crippen molar-refractivity contribution >= 4 is 56.1 Å². The summed E-state index contributed by atoms with van der Waals surface area (Å²) in [5, 5.41) is 0. The Hall–Kier alpha value is -4.54. The lowest BCUT2D eigenvalue weighted by Crippen LogP contribution is -2.10. The SMILES string of the molecule is Cn1c2ccc1cc1nc(c(-c3ccc(C(C)(C)C)cc3)c3ccc(s3)c(-c3ccc(C(C)(C)C)cc3)c3nc(c2)C=C3)C=C1. The second-order valence-corrected chi connectivity index (χ2v) is 15.2. The maximum atomic E-state index is 5.17. The smallest absolute Gasteiger partial charge is 0.0730 e. The Kier molecular flexibility index (Phi) is 7.02. The van der Waals surface area contributed by atoms with Crippen LogP contribution in [0.5, 0.6) is 0 Å². The Morgan fingerprint density at radius 2 is 0.911 bits per heavy atom. The molecule has 0 unspecified atom stereocenters. The van der Waals surface area contributed by atoms with Crippen LogP contribution in [0.4, 0.5) is 0 Å². The van der Waals surface area contributed by atoms with Gasteiger partial charge in [0.25, 0.3) is 0 Å². The minimum absolute atomic E-state index is 0.0869. The van der Waals surface area contributed by atoms with Crippen molar-refractivity contribution in [2.45, 2.75) is 52.4 Å². The predicted octanol–water partition coefficient (Wildman–Crippen LogP) is 11.3. The van der Waals surface area contributed by atoms with E-state index in [1.807, 2.05) is 11.3 Å². The molecule has 2 aliphatic heterocycles. The van der Waals surface area contributed by atoms with E-state index in [9.17, 15) is 0 Å². The van der Waals surface area contributed by atoms with E-state index < -0.39 is 0 Å². The summed E-state index contributed by atoms with van der Waals surface area (Å²) in [4.78, 5) is 10.3. The van der Waals surface area contributed by atoms with Gasteiger partial charge in [-0.15, -0.1) is 11.3 Å². The highest BCUT2D eigenvalue weighted by atomic mass is 32.1. The molecule has 0 saturated carbocycles. The third-order valence-electron chi connectivity index (χ3n) is 8.80. The number of aromatic nitrogens is 3. The normalized spacial score (nSPS) is 13.0. The fourth-order valence-electron chi connectivity index (χ4n) is 6.04. The number of hydrogen-bond donors (Lipinski definition) is 0. The molecule has 7 rings (SSSR count). The molecule has 5 heterocycles. The van der Waals surface area contributed by atoms with Crippen molar-refractivity contribution in [2.75, 3.05) is 0 Å². The molecule has 0 radical (unpaired) electrons. The Morgan fingerprint density at radius 3 is 1.29 bits per heavy atom. The molecule has 2 aromatic carbocycles. The molecule has 0 atom stereocenters. The van der Waals surface area contributed by atoms with Gasteiger partial charge >= 0.3 is 0 Å². The summed E-state index contributed by atoms with van der Waals surface area (Å²) in [7, 11) is 2.10. The zero-order chi connectivity index (χ0) is 31.5. The van der Waals surface area contributed by atoms with Crippen molar-refractivity contribution in [1.29, 1.82) is 0 Å². The summed E-state index contributed by atoms with van der Waals surface area (Å²) in [6, 6.07) is 31.2. The van der Waals surface area contributed by atoms with Crippen LogP contribution in [0, 0.1) is 0 Å². The number of hydrogen-bond acceptors (Lipinski definition) is 3. The van der Waals surface area contributed by atoms with Gasteiger partial charge in [-0.25, -0.2) is 9.97 Å². The largest absolute Gasteiger partial charge is 0.344 e. The standard InChI is InChI=1S/C41H39N3S/c1-40(2,3)28-12-8-26(9-13-28)38-34-20-16-30(42-34)24-32-18-19-33(44(32)7)25-31-17-21-35(43-31)39(37-23-22-36(38)45-37)27-10-14-29(15-11-27)41(4,5)6/h8-25H,1-7H3. The molecule has 0 spiro atoms. The summed E-state index contributed by atoms with van der Waals surface area (Å²) in [5.41, 5.74) is 13.5. The molecular formula is C41H39N3S. The minimum atomic E-state index is 0.0869. The molecule has 3 nitrogen and oxygen atoms in total. The Labute approximate surface area is 270 Å². The summed E-state index contributed by atoms with van der Waals surface area (Å²) in [6.07, 6.45) is 8.57. The number of rotatable bonds is 2. The summed E-state index contributed by atoms with van der Waals surface area (Å²) < 4.78 is 4.58. The summed E-state index contributed by atoms with van der Waals surface area (Å²) >= 11 is 1.81. The van der Waals surface area contributed by atoms with Gasteiger partial charge in [0.15, 0.2) is 0 Å². The highest BCUT2D eigenvalue weighted by Crippen LogP contribution is 2.40. The lowest BCUT2D eigenvalue weighted by atomic mass is 9.86. The summed E-state index contributed by atoms with van der Waals surface area (Å²) in [6.45, 7) is 13.6. The Bertz CT molecular complexity index is 2010. The first-order valence-corrected chi connectivity index (χ1v) is 16.5. The van der Waals surface area contributed by atoms with Gasteiger partial charge in [-0.1, -0.05) is 90.1 Å². The molecule has 4 heteroatoms. The number of fused-ring (bicyclic) bond motifs is 8. The number of benzene rings is 2. The van der Waals surface area contributed by atoms with E-state index in [-0.39, 0.29) is 10.8 Å². The van der Waals surface area contributed by atoms with Gasteiger partial charge in [-0.3, -0.25) is 0 Å². The van der Waals surface area contributed by atoms with E-state index in [0.717, 1.165) is 44.9 Å². The Morgan fingerprint density at radius 1 is 0.511 bits per heavy atom. The van der Waals surface area contributed by atoms with E-state index in [0.29, 0.717) is 0 Å². The van der Waals surface area contributed by atoms with Crippen molar-refractivity contribution in [1.82, 2.24) is 14.5 Å². The fourth-order valence-corrected chi connectivity index (χ4v) is 7.20. The summed E-state index contributed by atoms with van der Waals surface area (Å²) in [5.74, 6) is 0. The van der Waals surface area contributed by atoms with Crippen LogP contribution in [-0.4, -0.2) is 14.5 Å². The van der Waals surface area contributed by atoms with E-state index in [4.69, 9.17) is 9.97 Å².